The molecule has 3 fully saturated rings. The van der Waals surface area contributed by atoms with E-state index in [1.54, 1.807) is 0 Å². The first kappa shape index (κ1) is 17.4. The van der Waals surface area contributed by atoms with Gasteiger partial charge in [-0.05, 0) is 18.6 Å². The first-order valence-corrected chi connectivity index (χ1v) is 10.4. The number of rotatable bonds is 5. The van der Waals surface area contributed by atoms with Crippen LogP contribution in [0.15, 0.2) is 30.3 Å². The van der Waals surface area contributed by atoms with Gasteiger partial charge in [-0.25, -0.2) is 4.79 Å². The van der Waals surface area contributed by atoms with Crippen molar-refractivity contribution in [3.8, 4) is 0 Å². The van der Waals surface area contributed by atoms with Gasteiger partial charge in [-0.3, -0.25) is 4.90 Å². The largest absolute Gasteiger partial charge is 0.501 e. The average Bonchev–Trinajstić information content (AvgIpc) is 2.53. The molecule has 2 amide bonds. The molecule has 0 radical (unpaired) electrons. The number of urea groups is 1. The lowest BCUT2D eigenvalue weighted by Crippen LogP contribution is -2.55. The summed E-state index contributed by atoms with van der Waals surface area (Å²) in [6, 6.07) is 9.93. The third-order valence-electron chi connectivity index (χ3n) is 4.17. The third-order valence-corrected chi connectivity index (χ3v) is 7.06. The molecule has 0 atom stereocenters. The minimum atomic E-state index is -2.57. The number of hydrogen-bond acceptors (Lipinski definition) is 5. The lowest BCUT2D eigenvalue weighted by atomic mass is 10.3. The number of nitrogens with zero attached hydrogens (tertiary/aromatic N) is 1. The molecule has 3 aliphatic rings. The Morgan fingerprint density at radius 2 is 1.67 bits per heavy atom. The molecule has 0 aliphatic carbocycles. The zero-order chi connectivity index (χ0) is 16.7. The van der Waals surface area contributed by atoms with E-state index < -0.39 is 8.80 Å². The highest BCUT2D eigenvalue weighted by molar-refractivity contribution is 6.60. The lowest BCUT2D eigenvalue weighted by molar-refractivity contribution is -0.00847. The number of anilines is 1. The van der Waals surface area contributed by atoms with Gasteiger partial charge in [0.2, 0.25) is 0 Å². The zero-order valence-electron chi connectivity index (χ0n) is 13.8. The van der Waals surface area contributed by atoms with Crippen molar-refractivity contribution in [1.82, 2.24) is 10.2 Å². The number of fused-ring (bicyclic) bond motifs is 6. The van der Waals surface area contributed by atoms with Gasteiger partial charge in [0.15, 0.2) is 0 Å². The van der Waals surface area contributed by atoms with Crippen LogP contribution in [0.3, 0.4) is 0 Å². The van der Waals surface area contributed by atoms with Crippen LogP contribution in [0.4, 0.5) is 10.5 Å². The van der Waals surface area contributed by atoms with E-state index in [0.717, 1.165) is 37.8 Å². The molecule has 2 N–H and O–H groups in total. The van der Waals surface area contributed by atoms with Crippen molar-refractivity contribution in [3.63, 3.8) is 0 Å². The maximum atomic E-state index is 11.9. The van der Waals surface area contributed by atoms with Crippen molar-refractivity contribution >= 4 is 20.5 Å². The summed E-state index contributed by atoms with van der Waals surface area (Å²) in [5.41, 5.74) is 0.780. The molecular weight excluding hydrogens is 326 g/mol. The lowest BCUT2D eigenvalue weighted by Gasteiger charge is -2.38. The molecular formula is C16H25N3O4Si. The number of para-hydroxylation sites is 1. The van der Waals surface area contributed by atoms with Crippen LogP contribution in [0.5, 0.6) is 0 Å². The van der Waals surface area contributed by atoms with Gasteiger partial charge in [-0.2, -0.15) is 0 Å². The molecule has 1 aromatic rings. The number of carbonyl (C=O) groups excluding carboxylic acids is 1. The molecule has 4 rings (SSSR count). The van der Waals surface area contributed by atoms with Crippen molar-refractivity contribution in [3.05, 3.63) is 30.3 Å². The fourth-order valence-electron chi connectivity index (χ4n) is 2.87. The molecule has 3 aliphatic heterocycles. The maximum absolute atomic E-state index is 11.9. The Morgan fingerprint density at radius 3 is 2.29 bits per heavy atom. The predicted molar refractivity (Wildman–Crippen MR) is 92.9 cm³/mol. The molecule has 0 unspecified atom stereocenters. The Kier molecular flexibility index (Phi) is 6.22. The smallest absolute Gasteiger partial charge is 0.372 e. The molecule has 1 aromatic carbocycles. The van der Waals surface area contributed by atoms with Crippen molar-refractivity contribution in [2.45, 2.75) is 12.5 Å². The molecule has 0 aromatic heterocycles. The number of carbonyl (C=O) groups is 1. The van der Waals surface area contributed by atoms with Gasteiger partial charge >= 0.3 is 14.8 Å². The van der Waals surface area contributed by atoms with Gasteiger partial charge in [-0.15, -0.1) is 0 Å². The van der Waals surface area contributed by atoms with Gasteiger partial charge in [0.1, 0.15) is 0 Å². The highest BCUT2D eigenvalue weighted by Crippen LogP contribution is 2.21. The normalized spacial score (nSPS) is 26.9. The topological polar surface area (TPSA) is 72.1 Å². The van der Waals surface area contributed by atoms with E-state index in [4.69, 9.17) is 13.3 Å². The Bertz CT molecular complexity index is 505. The van der Waals surface area contributed by atoms with Crippen LogP contribution in [-0.4, -0.2) is 65.7 Å². The summed E-state index contributed by atoms with van der Waals surface area (Å²) >= 11 is 0. The van der Waals surface area contributed by atoms with E-state index in [1.807, 2.05) is 30.3 Å². The summed E-state index contributed by atoms with van der Waals surface area (Å²) in [4.78, 5) is 14.2. The van der Waals surface area contributed by atoms with Gasteiger partial charge in [0, 0.05) is 37.9 Å². The monoisotopic (exact) mass is 351 g/mol. The summed E-state index contributed by atoms with van der Waals surface area (Å²) in [5, 5.41) is 5.67. The zero-order valence-corrected chi connectivity index (χ0v) is 14.8. The molecule has 2 bridgehead atoms. The predicted octanol–water partition coefficient (Wildman–Crippen LogP) is 1.52. The van der Waals surface area contributed by atoms with Gasteiger partial charge in [-0.1, -0.05) is 18.2 Å². The van der Waals surface area contributed by atoms with Crippen molar-refractivity contribution in [2.75, 3.05) is 51.3 Å². The quantitative estimate of drug-likeness (QED) is 0.622. The van der Waals surface area contributed by atoms with E-state index in [1.165, 1.54) is 0 Å². The van der Waals surface area contributed by atoms with Crippen molar-refractivity contribution in [2.24, 2.45) is 0 Å². The molecule has 132 valence electrons. The summed E-state index contributed by atoms with van der Waals surface area (Å²) in [5.74, 6) is 0. The molecule has 0 saturated carbocycles. The third kappa shape index (κ3) is 5.02. The van der Waals surface area contributed by atoms with Crippen LogP contribution in [0.1, 0.15) is 6.42 Å². The Hall–Kier alpha value is -1.45. The first-order valence-electron chi connectivity index (χ1n) is 8.50. The van der Waals surface area contributed by atoms with Crippen LogP contribution in [0, 0.1) is 0 Å². The van der Waals surface area contributed by atoms with E-state index >= 15 is 0 Å². The van der Waals surface area contributed by atoms with Crippen LogP contribution in [0.2, 0.25) is 6.04 Å². The summed E-state index contributed by atoms with van der Waals surface area (Å²) in [7, 11) is -2.57. The fourth-order valence-corrected chi connectivity index (χ4v) is 5.37. The molecule has 3 saturated heterocycles. The van der Waals surface area contributed by atoms with Gasteiger partial charge in [0.25, 0.3) is 0 Å². The SMILES string of the molecule is O=C(NCCC[Si]12OCCN(CCO1)CCO2)Nc1ccccc1. The summed E-state index contributed by atoms with van der Waals surface area (Å²) in [6.07, 6.45) is 0.776. The summed E-state index contributed by atoms with van der Waals surface area (Å²) < 4.78 is 17.9. The number of benzene rings is 1. The molecule has 3 heterocycles. The molecule has 8 heteroatoms. The maximum Gasteiger partial charge on any atom is 0.501 e. The number of amides is 2. The van der Waals surface area contributed by atoms with E-state index in [-0.39, 0.29) is 6.03 Å². The fraction of sp³-hybridized carbons (Fsp3) is 0.562. The van der Waals surface area contributed by atoms with Crippen molar-refractivity contribution in [1.29, 1.82) is 0 Å². The minimum Gasteiger partial charge on any atom is -0.372 e. The van der Waals surface area contributed by atoms with Gasteiger partial charge < -0.3 is 23.9 Å². The molecule has 0 spiro atoms. The Morgan fingerprint density at radius 1 is 1.04 bits per heavy atom. The van der Waals surface area contributed by atoms with Crippen LogP contribution in [0.25, 0.3) is 0 Å². The Labute approximate surface area is 143 Å². The summed E-state index contributed by atoms with van der Waals surface area (Å²) in [6.45, 7) is 5.38. The average molecular weight is 351 g/mol. The number of hydrogen-bond donors (Lipinski definition) is 2. The highest BCUT2D eigenvalue weighted by Gasteiger charge is 2.43. The second-order valence-corrected chi connectivity index (χ2v) is 8.65. The first-order chi connectivity index (χ1) is 11.8. The Balaban J connectivity index is 1.40. The highest BCUT2D eigenvalue weighted by atomic mass is 28.4. The standard InChI is InChI=1S/C16H25N3O4Si/c20-16(18-15-5-2-1-3-6-15)17-7-4-14-24-21-11-8-19(9-12-22-24)10-13-23-24/h1-3,5-6H,4,7-14H2,(H2,17,18,20). The van der Waals surface area contributed by atoms with Crippen LogP contribution < -0.4 is 10.6 Å². The van der Waals surface area contributed by atoms with Gasteiger partial charge in [0.05, 0.1) is 19.8 Å². The van der Waals surface area contributed by atoms with E-state index in [2.05, 4.69) is 15.5 Å². The second-order valence-electron chi connectivity index (χ2n) is 5.92. The minimum absolute atomic E-state index is 0.200. The van der Waals surface area contributed by atoms with Crippen LogP contribution >= 0.6 is 0 Å². The van der Waals surface area contributed by atoms with Crippen LogP contribution in [-0.2, 0) is 13.3 Å². The molecule has 24 heavy (non-hydrogen) atoms. The second kappa shape index (κ2) is 8.59. The van der Waals surface area contributed by atoms with E-state index in [9.17, 15) is 4.79 Å². The number of nitrogens with one attached hydrogen (secondary N) is 2. The molecule has 7 nitrogen and oxygen atoms in total. The van der Waals surface area contributed by atoms with Crippen molar-refractivity contribution < 1.29 is 18.1 Å². The van der Waals surface area contributed by atoms with E-state index in [0.29, 0.717) is 26.4 Å².